The van der Waals surface area contributed by atoms with Crippen molar-refractivity contribution in [3.8, 4) is 0 Å². The molecule has 0 radical (unpaired) electrons. The van der Waals surface area contributed by atoms with Crippen molar-refractivity contribution in [2.45, 2.75) is 84.3 Å². The molecule has 0 aromatic rings. The van der Waals surface area contributed by atoms with E-state index in [1.54, 1.807) is 0 Å². The zero-order valence-electron chi connectivity index (χ0n) is 14.6. The number of hydrogen-bond donors (Lipinski definition) is 1. The first-order chi connectivity index (χ1) is 10.0. The second-order valence-corrected chi connectivity index (χ2v) is 8.81. The standard InChI is InChI=1S/C19H36N2/c1-13(2)21-11-16-6-5-7-17(12-21)19(16)20-18-9-14(3)8-15(4)10-18/h13-20H,5-12H2,1-4H3. The molecule has 2 heteroatoms. The van der Waals surface area contributed by atoms with Crippen LogP contribution < -0.4 is 5.32 Å². The summed E-state index contributed by atoms with van der Waals surface area (Å²) in [5, 5.41) is 4.15. The maximum Gasteiger partial charge on any atom is 0.0151 e. The summed E-state index contributed by atoms with van der Waals surface area (Å²) >= 11 is 0. The predicted molar refractivity (Wildman–Crippen MR) is 90.4 cm³/mol. The molecular formula is C19H36N2. The number of nitrogens with zero attached hydrogens (tertiary/aromatic N) is 1. The molecule has 3 rings (SSSR count). The minimum absolute atomic E-state index is 0.726. The summed E-state index contributed by atoms with van der Waals surface area (Å²) in [6.45, 7) is 12.3. The van der Waals surface area contributed by atoms with Gasteiger partial charge in [-0.1, -0.05) is 20.3 Å². The lowest BCUT2D eigenvalue weighted by atomic mass is 9.72. The van der Waals surface area contributed by atoms with Gasteiger partial charge in [-0.3, -0.25) is 0 Å². The molecule has 3 fully saturated rings. The van der Waals surface area contributed by atoms with Crippen LogP contribution >= 0.6 is 0 Å². The third kappa shape index (κ3) is 3.64. The van der Waals surface area contributed by atoms with Gasteiger partial charge in [0.05, 0.1) is 0 Å². The highest BCUT2D eigenvalue weighted by molar-refractivity contribution is 4.97. The fourth-order valence-corrected chi connectivity index (χ4v) is 5.52. The summed E-state index contributed by atoms with van der Waals surface area (Å²) in [7, 11) is 0. The van der Waals surface area contributed by atoms with Gasteiger partial charge in [-0.2, -0.15) is 0 Å². The highest BCUT2D eigenvalue weighted by atomic mass is 15.2. The van der Waals surface area contributed by atoms with Crippen LogP contribution in [0.1, 0.15) is 66.2 Å². The van der Waals surface area contributed by atoms with E-state index in [4.69, 9.17) is 0 Å². The smallest absolute Gasteiger partial charge is 0.0151 e. The molecule has 0 amide bonds. The third-order valence-electron chi connectivity index (χ3n) is 6.44. The number of likely N-dealkylation sites (tertiary alicyclic amines) is 1. The topological polar surface area (TPSA) is 15.3 Å². The van der Waals surface area contributed by atoms with Crippen LogP contribution in [-0.2, 0) is 0 Å². The molecule has 0 aromatic carbocycles. The first-order valence-corrected chi connectivity index (χ1v) is 9.53. The van der Waals surface area contributed by atoms with E-state index >= 15 is 0 Å². The fraction of sp³-hybridized carbons (Fsp3) is 1.00. The van der Waals surface area contributed by atoms with Crippen LogP contribution in [-0.4, -0.2) is 36.1 Å². The van der Waals surface area contributed by atoms with E-state index in [1.165, 1.54) is 51.6 Å². The minimum atomic E-state index is 0.726. The maximum atomic E-state index is 4.15. The van der Waals surface area contributed by atoms with Gasteiger partial charge in [0.1, 0.15) is 0 Å². The Morgan fingerprint density at radius 2 is 1.48 bits per heavy atom. The lowest BCUT2D eigenvalue weighted by Gasteiger charge is -2.50. The average molecular weight is 293 g/mol. The Bertz CT molecular complexity index is 316. The van der Waals surface area contributed by atoms with Crippen molar-refractivity contribution in [3.63, 3.8) is 0 Å². The monoisotopic (exact) mass is 292 g/mol. The Hall–Kier alpha value is -0.0800. The van der Waals surface area contributed by atoms with Gasteiger partial charge in [-0.15, -0.1) is 0 Å². The summed E-state index contributed by atoms with van der Waals surface area (Å²) < 4.78 is 0. The van der Waals surface area contributed by atoms with E-state index in [0.29, 0.717) is 0 Å². The normalized spacial score (nSPS) is 45.0. The number of nitrogens with one attached hydrogen (secondary N) is 1. The quantitative estimate of drug-likeness (QED) is 0.848. The molecule has 2 nitrogen and oxygen atoms in total. The zero-order chi connectivity index (χ0) is 15.0. The van der Waals surface area contributed by atoms with Crippen molar-refractivity contribution < 1.29 is 0 Å². The number of piperidine rings is 1. The Balaban J connectivity index is 1.62. The van der Waals surface area contributed by atoms with E-state index in [2.05, 4.69) is 37.9 Å². The highest BCUT2D eigenvalue weighted by Crippen LogP contribution is 2.37. The summed E-state index contributed by atoms with van der Waals surface area (Å²) in [5.74, 6) is 3.66. The summed E-state index contributed by atoms with van der Waals surface area (Å²) in [6, 6.07) is 2.34. The Labute approximate surface area is 132 Å². The largest absolute Gasteiger partial charge is 0.311 e. The van der Waals surface area contributed by atoms with Gasteiger partial charge in [0.2, 0.25) is 0 Å². The van der Waals surface area contributed by atoms with Crippen LogP contribution in [0.5, 0.6) is 0 Å². The van der Waals surface area contributed by atoms with E-state index in [1.807, 2.05) is 0 Å². The van der Waals surface area contributed by atoms with Crippen LogP contribution in [0, 0.1) is 23.7 Å². The minimum Gasteiger partial charge on any atom is -0.311 e. The zero-order valence-corrected chi connectivity index (χ0v) is 14.6. The van der Waals surface area contributed by atoms with E-state index in [0.717, 1.165) is 41.8 Å². The lowest BCUT2D eigenvalue weighted by Crippen LogP contribution is -2.60. The van der Waals surface area contributed by atoms with Gasteiger partial charge in [-0.05, 0) is 69.6 Å². The number of rotatable bonds is 3. The van der Waals surface area contributed by atoms with E-state index in [9.17, 15) is 0 Å². The summed E-state index contributed by atoms with van der Waals surface area (Å²) in [4.78, 5) is 2.73. The average Bonchev–Trinajstić information content (AvgIpc) is 2.36. The Kier molecular flexibility index (Phi) is 4.95. The van der Waals surface area contributed by atoms with Crippen molar-refractivity contribution in [1.82, 2.24) is 10.2 Å². The number of fused-ring (bicyclic) bond motifs is 2. The van der Waals surface area contributed by atoms with E-state index in [-0.39, 0.29) is 0 Å². The van der Waals surface area contributed by atoms with Crippen molar-refractivity contribution in [1.29, 1.82) is 0 Å². The SMILES string of the molecule is CC1CC(C)CC(NC2C3CCCC2CN(C(C)C)C3)C1. The van der Waals surface area contributed by atoms with Gasteiger partial charge >= 0.3 is 0 Å². The first-order valence-electron chi connectivity index (χ1n) is 9.53. The lowest BCUT2D eigenvalue weighted by molar-refractivity contribution is 0.0200. The first kappa shape index (κ1) is 15.8. The van der Waals surface area contributed by atoms with Crippen molar-refractivity contribution >= 4 is 0 Å². The molecule has 122 valence electrons. The Morgan fingerprint density at radius 3 is 2.00 bits per heavy atom. The molecule has 1 aliphatic heterocycles. The van der Waals surface area contributed by atoms with Gasteiger partial charge < -0.3 is 10.2 Å². The van der Waals surface area contributed by atoms with Crippen molar-refractivity contribution in [2.75, 3.05) is 13.1 Å². The second-order valence-electron chi connectivity index (χ2n) is 8.81. The van der Waals surface area contributed by atoms with Crippen LogP contribution in [0.25, 0.3) is 0 Å². The molecule has 0 spiro atoms. The Morgan fingerprint density at radius 1 is 0.905 bits per heavy atom. The molecule has 0 aromatic heterocycles. The predicted octanol–water partition coefficient (Wildman–Crippen LogP) is 3.91. The maximum absolute atomic E-state index is 4.15. The molecule has 2 saturated carbocycles. The second kappa shape index (κ2) is 6.58. The molecule has 1 N–H and O–H groups in total. The molecule has 2 aliphatic carbocycles. The molecule has 2 bridgehead atoms. The van der Waals surface area contributed by atoms with Crippen LogP contribution in [0.3, 0.4) is 0 Å². The molecule has 3 aliphatic rings. The van der Waals surface area contributed by atoms with Gasteiger partial charge in [0, 0.05) is 31.2 Å². The molecule has 4 unspecified atom stereocenters. The molecule has 1 saturated heterocycles. The highest BCUT2D eigenvalue weighted by Gasteiger charge is 2.41. The van der Waals surface area contributed by atoms with Crippen LogP contribution in [0.15, 0.2) is 0 Å². The summed E-state index contributed by atoms with van der Waals surface area (Å²) in [6.07, 6.45) is 8.64. The van der Waals surface area contributed by atoms with Gasteiger partial charge in [0.25, 0.3) is 0 Å². The van der Waals surface area contributed by atoms with Crippen molar-refractivity contribution in [2.24, 2.45) is 23.7 Å². The van der Waals surface area contributed by atoms with Gasteiger partial charge in [-0.25, -0.2) is 0 Å². The molecule has 21 heavy (non-hydrogen) atoms. The number of hydrogen-bond acceptors (Lipinski definition) is 2. The fourth-order valence-electron chi connectivity index (χ4n) is 5.52. The van der Waals surface area contributed by atoms with Gasteiger partial charge in [0.15, 0.2) is 0 Å². The molecule has 1 heterocycles. The van der Waals surface area contributed by atoms with Crippen LogP contribution in [0.4, 0.5) is 0 Å². The molecule has 4 atom stereocenters. The summed E-state index contributed by atoms with van der Waals surface area (Å²) in [5.41, 5.74) is 0. The third-order valence-corrected chi connectivity index (χ3v) is 6.44. The van der Waals surface area contributed by atoms with Crippen molar-refractivity contribution in [3.05, 3.63) is 0 Å². The van der Waals surface area contributed by atoms with E-state index < -0.39 is 0 Å². The van der Waals surface area contributed by atoms with Crippen LogP contribution in [0.2, 0.25) is 0 Å². The molecular weight excluding hydrogens is 256 g/mol.